The molecule has 3 heterocycles. The van der Waals surface area contributed by atoms with Crippen molar-refractivity contribution in [2.75, 3.05) is 26.2 Å². The van der Waals surface area contributed by atoms with Gasteiger partial charge in [-0.05, 0) is 19.9 Å². The highest BCUT2D eigenvalue weighted by molar-refractivity contribution is 6.38. The fourth-order valence-electron chi connectivity index (χ4n) is 3.32. The summed E-state index contributed by atoms with van der Waals surface area (Å²) in [5, 5.41) is 1.38. The Morgan fingerprint density at radius 3 is 2.62 bits per heavy atom. The van der Waals surface area contributed by atoms with Gasteiger partial charge in [-0.3, -0.25) is 9.69 Å². The number of nitrogens with zero attached hydrogens (tertiary/aromatic N) is 3. The van der Waals surface area contributed by atoms with Crippen LogP contribution in [0.5, 0.6) is 0 Å². The van der Waals surface area contributed by atoms with Gasteiger partial charge < -0.3 is 14.3 Å². The van der Waals surface area contributed by atoms with Gasteiger partial charge in [0, 0.05) is 37.1 Å². The molecule has 1 saturated heterocycles. The Hall–Kier alpha value is -2.31. The van der Waals surface area contributed by atoms with Crippen molar-refractivity contribution < 1.29 is 9.21 Å². The zero-order chi connectivity index (χ0) is 18.3. The average molecular weight is 373 g/mol. The monoisotopic (exact) mass is 372 g/mol. The number of benzene rings is 1. The molecule has 7 heteroatoms. The molecule has 0 aliphatic carbocycles. The van der Waals surface area contributed by atoms with Crippen molar-refractivity contribution in [1.82, 2.24) is 19.8 Å². The minimum atomic E-state index is -0.0475. The van der Waals surface area contributed by atoms with Crippen LogP contribution in [0.2, 0.25) is 5.02 Å². The number of oxazole rings is 1. The Morgan fingerprint density at radius 2 is 1.96 bits per heavy atom. The molecule has 3 aromatic rings. The van der Waals surface area contributed by atoms with Crippen LogP contribution in [0.1, 0.15) is 27.8 Å². The highest BCUT2D eigenvalue weighted by Crippen LogP contribution is 2.28. The first-order valence-corrected chi connectivity index (χ1v) is 9.11. The van der Waals surface area contributed by atoms with E-state index in [2.05, 4.69) is 14.9 Å². The normalized spacial score (nSPS) is 15.7. The lowest BCUT2D eigenvalue weighted by atomic mass is 10.2. The van der Waals surface area contributed by atoms with Gasteiger partial charge in [0.2, 0.25) is 5.89 Å². The highest BCUT2D eigenvalue weighted by Gasteiger charge is 2.26. The summed E-state index contributed by atoms with van der Waals surface area (Å²) in [6, 6.07) is 7.69. The van der Waals surface area contributed by atoms with Crippen molar-refractivity contribution in [2.24, 2.45) is 0 Å². The lowest BCUT2D eigenvalue weighted by Gasteiger charge is -2.33. The Balaban J connectivity index is 1.42. The van der Waals surface area contributed by atoms with E-state index in [9.17, 15) is 4.79 Å². The molecule has 0 spiro atoms. The minimum absolute atomic E-state index is 0.0475. The van der Waals surface area contributed by atoms with Crippen molar-refractivity contribution in [3.05, 3.63) is 52.3 Å². The second-order valence-electron chi connectivity index (χ2n) is 6.68. The number of piperazine rings is 1. The SMILES string of the molecule is Cc1nc(CN2CCN(C(=O)c3[nH]c4ccccc4c3Cl)CC2)oc1C. The molecule has 1 fully saturated rings. The van der Waals surface area contributed by atoms with Crippen molar-refractivity contribution in [2.45, 2.75) is 20.4 Å². The molecule has 136 valence electrons. The summed E-state index contributed by atoms with van der Waals surface area (Å²) in [4.78, 5) is 24.6. The third-order valence-corrected chi connectivity index (χ3v) is 5.34. The van der Waals surface area contributed by atoms with Crippen LogP contribution in [0.25, 0.3) is 10.9 Å². The van der Waals surface area contributed by atoms with E-state index in [1.165, 1.54) is 0 Å². The number of aromatic amines is 1. The molecule has 0 unspecified atom stereocenters. The van der Waals surface area contributed by atoms with Crippen molar-refractivity contribution in [3.8, 4) is 0 Å². The molecule has 0 bridgehead atoms. The predicted octanol–water partition coefficient (Wildman–Crippen LogP) is 3.38. The molecule has 2 aromatic heterocycles. The third-order valence-electron chi connectivity index (χ3n) is 4.95. The first-order chi connectivity index (χ1) is 12.5. The molecule has 1 amide bonds. The third kappa shape index (κ3) is 3.10. The first-order valence-electron chi connectivity index (χ1n) is 8.73. The number of aryl methyl sites for hydroxylation is 2. The van der Waals surface area contributed by atoms with Crippen LogP contribution in [-0.4, -0.2) is 51.9 Å². The van der Waals surface area contributed by atoms with Gasteiger partial charge in [0.25, 0.3) is 5.91 Å². The molecule has 1 aliphatic rings. The van der Waals surface area contributed by atoms with Crippen LogP contribution < -0.4 is 0 Å². The van der Waals surface area contributed by atoms with Gasteiger partial charge in [-0.2, -0.15) is 0 Å². The number of amides is 1. The fourth-order valence-corrected chi connectivity index (χ4v) is 3.61. The molecule has 6 nitrogen and oxygen atoms in total. The highest BCUT2D eigenvalue weighted by atomic mass is 35.5. The number of nitrogens with one attached hydrogen (secondary N) is 1. The Morgan fingerprint density at radius 1 is 1.23 bits per heavy atom. The fraction of sp³-hybridized carbons (Fsp3) is 0.368. The van der Waals surface area contributed by atoms with Crippen LogP contribution in [0.15, 0.2) is 28.7 Å². The summed E-state index contributed by atoms with van der Waals surface area (Å²) in [7, 11) is 0. The van der Waals surface area contributed by atoms with Gasteiger partial charge >= 0.3 is 0 Å². The number of hydrogen-bond acceptors (Lipinski definition) is 4. The summed E-state index contributed by atoms with van der Waals surface area (Å²) < 4.78 is 5.65. The molecule has 1 aromatic carbocycles. The Kier molecular flexibility index (Phi) is 4.46. The van der Waals surface area contributed by atoms with Gasteiger partial charge in [-0.25, -0.2) is 4.98 Å². The standard InChI is InChI=1S/C19H21ClN4O2/c1-12-13(2)26-16(21-12)11-23-7-9-24(10-8-23)19(25)18-17(20)14-5-3-4-6-15(14)22-18/h3-6,22H,7-11H2,1-2H3. The van der Waals surface area contributed by atoms with Gasteiger partial charge in [0.15, 0.2) is 0 Å². The number of carbonyl (C=O) groups excluding carboxylic acids is 1. The molecule has 1 aliphatic heterocycles. The lowest BCUT2D eigenvalue weighted by molar-refractivity contribution is 0.0613. The first kappa shape index (κ1) is 17.1. The topological polar surface area (TPSA) is 65.4 Å². The summed E-state index contributed by atoms with van der Waals surface area (Å²) >= 11 is 6.41. The van der Waals surface area contributed by atoms with Crippen LogP contribution in [0.4, 0.5) is 0 Å². The van der Waals surface area contributed by atoms with Crippen LogP contribution in [0, 0.1) is 13.8 Å². The molecule has 4 rings (SSSR count). The summed E-state index contributed by atoms with van der Waals surface area (Å²) in [5.74, 6) is 1.55. The quantitative estimate of drug-likeness (QED) is 0.765. The maximum atomic E-state index is 12.9. The van der Waals surface area contributed by atoms with E-state index in [0.29, 0.717) is 30.4 Å². The number of halogens is 1. The molecule has 0 radical (unpaired) electrons. The van der Waals surface area contributed by atoms with Gasteiger partial charge in [0.05, 0.1) is 17.3 Å². The maximum absolute atomic E-state index is 12.9. The number of H-pyrrole nitrogens is 1. The molecular formula is C19H21ClN4O2. The van der Waals surface area contributed by atoms with E-state index in [1.807, 2.05) is 43.0 Å². The van der Waals surface area contributed by atoms with E-state index in [4.69, 9.17) is 16.0 Å². The van der Waals surface area contributed by atoms with Crippen molar-refractivity contribution in [3.63, 3.8) is 0 Å². The van der Waals surface area contributed by atoms with E-state index in [-0.39, 0.29) is 5.91 Å². The molecule has 1 N–H and O–H groups in total. The molecular weight excluding hydrogens is 352 g/mol. The Bertz CT molecular complexity index is 934. The van der Waals surface area contributed by atoms with Crippen LogP contribution in [0.3, 0.4) is 0 Å². The smallest absolute Gasteiger partial charge is 0.271 e. The van der Waals surface area contributed by atoms with Crippen molar-refractivity contribution >= 4 is 28.4 Å². The van der Waals surface area contributed by atoms with Crippen LogP contribution >= 0.6 is 11.6 Å². The second kappa shape index (κ2) is 6.78. The van der Waals surface area contributed by atoms with Gasteiger partial charge in [-0.1, -0.05) is 29.8 Å². The maximum Gasteiger partial charge on any atom is 0.271 e. The second-order valence-corrected chi connectivity index (χ2v) is 7.06. The summed E-state index contributed by atoms with van der Waals surface area (Å²) in [6.45, 7) is 7.42. The van der Waals surface area contributed by atoms with E-state index >= 15 is 0 Å². The number of para-hydroxylation sites is 1. The predicted molar refractivity (Wildman–Crippen MR) is 100 cm³/mol. The van der Waals surface area contributed by atoms with Crippen LogP contribution in [-0.2, 0) is 6.54 Å². The molecule has 0 atom stereocenters. The molecule has 26 heavy (non-hydrogen) atoms. The summed E-state index contributed by atoms with van der Waals surface area (Å²) in [5.41, 5.74) is 2.29. The number of fused-ring (bicyclic) bond motifs is 1. The van der Waals surface area contributed by atoms with Gasteiger partial charge in [0.1, 0.15) is 11.5 Å². The number of rotatable bonds is 3. The van der Waals surface area contributed by atoms with E-state index in [1.54, 1.807) is 0 Å². The number of carbonyl (C=O) groups is 1. The zero-order valence-electron chi connectivity index (χ0n) is 14.9. The Labute approximate surface area is 156 Å². The average Bonchev–Trinajstić information content (AvgIpc) is 3.14. The van der Waals surface area contributed by atoms with Crippen molar-refractivity contribution in [1.29, 1.82) is 0 Å². The minimum Gasteiger partial charge on any atom is -0.444 e. The molecule has 0 saturated carbocycles. The van der Waals surface area contributed by atoms with E-state index < -0.39 is 0 Å². The van der Waals surface area contributed by atoms with E-state index in [0.717, 1.165) is 41.3 Å². The lowest BCUT2D eigenvalue weighted by Crippen LogP contribution is -2.48. The number of aromatic nitrogens is 2. The zero-order valence-corrected chi connectivity index (χ0v) is 15.6. The largest absolute Gasteiger partial charge is 0.444 e. The number of hydrogen-bond donors (Lipinski definition) is 1. The summed E-state index contributed by atoms with van der Waals surface area (Å²) in [6.07, 6.45) is 0. The van der Waals surface area contributed by atoms with Gasteiger partial charge in [-0.15, -0.1) is 0 Å².